The van der Waals surface area contributed by atoms with Gasteiger partial charge in [-0.2, -0.15) is 0 Å². The van der Waals surface area contributed by atoms with Gasteiger partial charge in [0.25, 0.3) is 5.91 Å². The lowest BCUT2D eigenvalue weighted by molar-refractivity contribution is 0.0977. The van der Waals surface area contributed by atoms with E-state index >= 15 is 0 Å². The molecule has 0 aromatic heterocycles. The quantitative estimate of drug-likeness (QED) is 0.641. The SMILES string of the molecule is CCCOc1ccc(C(=O)NC(=S)Nc2cccc3ccccc23)cc1. The Morgan fingerprint density at radius 3 is 2.50 bits per heavy atom. The molecule has 0 heterocycles. The van der Waals surface area contributed by atoms with E-state index < -0.39 is 0 Å². The molecule has 0 spiro atoms. The third-order valence-electron chi connectivity index (χ3n) is 3.85. The van der Waals surface area contributed by atoms with E-state index in [1.807, 2.05) is 49.4 Å². The van der Waals surface area contributed by atoms with Crippen LogP contribution in [0.25, 0.3) is 10.8 Å². The molecule has 3 aromatic carbocycles. The highest BCUT2D eigenvalue weighted by Gasteiger charge is 2.09. The van der Waals surface area contributed by atoms with Crippen LogP contribution in [0.5, 0.6) is 5.75 Å². The average Bonchev–Trinajstić information content (AvgIpc) is 2.67. The zero-order valence-corrected chi connectivity index (χ0v) is 15.3. The van der Waals surface area contributed by atoms with Crippen molar-refractivity contribution in [3.05, 3.63) is 72.3 Å². The van der Waals surface area contributed by atoms with Crippen LogP contribution in [0.1, 0.15) is 23.7 Å². The molecule has 3 aromatic rings. The maximum atomic E-state index is 12.4. The van der Waals surface area contributed by atoms with Crippen LogP contribution in [0.4, 0.5) is 5.69 Å². The van der Waals surface area contributed by atoms with Crippen molar-refractivity contribution in [3.8, 4) is 5.75 Å². The molecule has 0 aliphatic rings. The molecule has 5 heteroatoms. The molecule has 2 N–H and O–H groups in total. The molecule has 0 unspecified atom stereocenters. The minimum Gasteiger partial charge on any atom is -0.494 e. The van der Waals surface area contributed by atoms with E-state index in [1.54, 1.807) is 24.3 Å². The summed E-state index contributed by atoms with van der Waals surface area (Å²) >= 11 is 5.29. The number of carbonyl (C=O) groups excluding carboxylic acids is 1. The highest BCUT2D eigenvalue weighted by Crippen LogP contribution is 2.22. The molecular weight excluding hydrogens is 344 g/mol. The summed E-state index contributed by atoms with van der Waals surface area (Å²) in [6.45, 7) is 2.70. The van der Waals surface area contributed by atoms with Crippen molar-refractivity contribution in [1.29, 1.82) is 0 Å². The first-order valence-corrected chi connectivity index (χ1v) is 8.91. The van der Waals surface area contributed by atoms with Crippen molar-refractivity contribution in [3.63, 3.8) is 0 Å². The maximum Gasteiger partial charge on any atom is 0.257 e. The number of benzene rings is 3. The van der Waals surface area contributed by atoms with E-state index in [-0.39, 0.29) is 11.0 Å². The Hall–Kier alpha value is -2.92. The van der Waals surface area contributed by atoms with Gasteiger partial charge in [-0.3, -0.25) is 10.1 Å². The van der Waals surface area contributed by atoms with Gasteiger partial charge in [-0.25, -0.2) is 0 Å². The van der Waals surface area contributed by atoms with E-state index in [0.29, 0.717) is 12.2 Å². The number of fused-ring (bicyclic) bond motifs is 1. The van der Waals surface area contributed by atoms with E-state index in [9.17, 15) is 4.79 Å². The molecule has 0 aliphatic carbocycles. The lowest BCUT2D eigenvalue weighted by Gasteiger charge is -2.12. The smallest absolute Gasteiger partial charge is 0.257 e. The van der Waals surface area contributed by atoms with Gasteiger partial charge < -0.3 is 10.1 Å². The van der Waals surface area contributed by atoms with Crippen LogP contribution in [0.2, 0.25) is 0 Å². The summed E-state index contributed by atoms with van der Waals surface area (Å²) in [6.07, 6.45) is 0.941. The number of hydrogen-bond acceptors (Lipinski definition) is 3. The molecule has 26 heavy (non-hydrogen) atoms. The van der Waals surface area contributed by atoms with Crippen molar-refractivity contribution in [2.45, 2.75) is 13.3 Å². The number of carbonyl (C=O) groups is 1. The van der Waals surface area contributed by atoms with E-state index in [2.05, 4.69) is 10.6 Å². The number of anilines is 1. The summed E-state index contributed by atoms with van der Waals surface area (Å²) < 4.78 is 5.52. The first kappa shape index (κ1) is 17.9. The molecule has 0 saturated carbocycles. The largest absolute Gasteiger partial charge is 0.494 e. The Labute approximate surface area is 158 Å². The number of rotatable bonds is 5. The van der Waals surface area contributed by atoms with Gasteiger partial charge in [-0.05, 0) is 54.4 Å². The minimum atomic E-state index is -0.259. The van der Waals surface area contributed by atoms with Gasteiger partial charge in [0.05, 0.1) is 6.61 Å². The first-order valence-electron chi connectivity index (χ1n) is 8.50. The number of amides is 1. The molecule has 0 aliphatic heterocycles. The lowest BCUT2D eigenvalue weighted by atomic mass is 10.1. The summed E-state index contributed by atoms with van der Waals surface area (Å²) in [5.41, 5.74) is 1.38. The van der Waals surface area contributed by atoms with Gasteiger partial charge in [0.1, 0.15) is 5.75 Å². The predicted octanol–water partition coefficient (Wildman–Crippen LogP) is 4.76. The Morgan fingerprint density at radius 2 is 1.73 bits per heavy atom. The number of hydrogen-bond donors (Lipinski definition) is 2. The Balaban J connectivity index is 1.65. The van der Waals surface area contributed by atoms with Crippen LogP contribution < -0.4 is 15.4 Å². The summed E-state index contributed by atoms with van der Waals surface area (Å²) in [6, 6.07) is 20.9. The van der Waals surface area contributed by atoms with Crippen molar-refractivity contribution < 1.29 is 9.53 Å². The normalized spacial score (nSPS) is 10.3. The average molecular weight is 364 g/mol. The Morgan fingerprint density at radius 1 is 1.00 bits per heavy atom. The van der Waals surface area contributed by atoms with Gasteiger partial charge in [-0.15, -0.1) is 0 Å². The van der Waals surface area contributed by atoms with Crippen LogP contribution in [0, 0.1) is 0 Å². The standard InChI is InChI=1S/C21H20N2O2S/c1-2-14-25-17-12-10-16(11-13-17)20(24)23-21(26)22-19-9-5-7-15-6-3-4-8-18(15)19/h3-13H,2,14H2,1H3,(H2,22,23,24,26). The fourth-order valence-corrected chi connectivity index (χ4v) is 2.79. The second-order valence-corrected chi connectivity index (χ2v) is 6.22. The third-order valence-corrected chi connectivity index (χ3v) is 4.06. The molecule has 0 fully saturated rings. The number of ether oxygens (including phenoxy) is 1. The monoisotopic (exact) mass is 364 g/mol. The minimum absolute atomic E-state index is 0.259. The van der Waals surface area contributed by atoms with E-state index in [4.69, 9.17) is 17.0 Å². The van der Waals surface area contributed by atoms with Gasteiger partial charge in [0.15, 0.2) is 5.11 Å². The number of nitrogens with one attached hydrogen (secondary N) is 2. The molecule has 0 bridgehead atoms. The summed E-state index contributed by atoms with van der Waals surface area (Å²) in [5, 5.41) is 8.23. The molecule has 1 amide bonds. The molecule has 0 atom stereocenters. The predicted molar refractivity (Wildman–Crippen MR) is 110 cm³/mol. The molecule has 0 radical (unpaired) electrons. The maximum absolute atomic E-state index is 12.4. The van der Waals surface area contributed by atoms with Crippen LogP contribution in [-0.2, 0) is 0 Å². The Bertz CT molecular complexity index is 917. The first-order chi connectivity index (χ1) is 12.7. The second kappa shape index (κ2) is 8.45. The topological polar surface area (TPSA) is 50.4 Å². The summed E-state index contributed by atoms with van der Waals surface area (Å²) in [4.78, 5) is 12.4. The number of thiocarbonyl (C=S) groups is 1. The van der Waals surface area contributed by atoms with Crippen molar-refractivity contribution in [2.24, 2.45) is 0 Å². The highest BCUT2D eigenvalue weighted by atomic mass is 32.1. The van der Waals surface area contributed by atoms with Gasteiger partial charge in [-0.1, -0.05) is 43.3 Å². The second-order valence-electron chi connectivity index (χ2n) is 5.81. The Kier molecular flexibility index (Phi) is 5.81. The lowest BCUT2D eigenvalue weighted by Crippen LogP contribution is -2.34. The summed E-state index contributed by atoms with van der Waals surface area (Å²) in [5.74, 6) is 0.490. The van der Waals surface area contributed by atoms with Crippen LogP contribution in [-0.4, -0.2) is 17.6 Å². The van der Waals surface area contributed by atoms with Crippen LogP contribution in [0.3, 0.4) is 0 Å². The molecule has 3 rings (SSSR count). The molecule has 132 valence electrons. The van der Waals surface area contributed by atoms with Crippen molar-refractivity contribution >= 4 is 39.7 Å². The fourth-order valence-electron chi connectivity index (χ4n) is 2.59. The molecular formula is C21H20N2O2S. The van der Waals surface area contributed by atoms with Gasteiger partial charge in [0.2, 0.25) is 0 Å². The van der Waals surface area contributed by atoms with Crippen LogP contribution >= 0.6 is 12.2 Å². The highest BCUT2D eigenvalue weighted by molar-refractivity contribution is 7.80. The zero-order valence-electron chi connectivity index (χ0n) is 14.5. The van der Waals surface area contributed by atoms with Crippen LogP contribution in [0.15, 0.2) is 66.7 Å². The fraction of sp³-hybridized carbons (Fsp3) is 0.143. The zero-order chi connectivity index (χ0) is 18.4. The molecule has 4 nitrogen and oxygen atoms in total. The van der Waals surface area contributed by atoms with Crippen molar-refractivity contribution in [1.82, 2.24) is 5.32 Å². The van der Waals surface area contributed by atoms with E-state index in [0.717, 1.165) is 28.6 Å². The summed E-state index contributed by atoms with van der Waals surface area (Å²) in [7, 11) is 0. The van der Waals surface area contributed by atoms with Crippen molar-refractivity contribution in [2.75, 3.05) is 11.9 Å². The molecule has 0 saturated heterocycles. The van der Waals surface area contributed by atoms with Gasteiger partial charge in [0, 0.05) is 16.6 Å². The van der Waals surface area contributed by atoms with E-state index in [1.165, 1.54) is 0 Å². The third kappa shape index (κ3) is 4.37. The van der Waals surface area contributed by atoms with Gasteiger partial charge >= 0.3 is 0 Å².